The maximum Gasteiger partial charge on any atom is 0.407 e. The van der Waals surface area contributed by atoms with Crippen LogP contribution >= 0.6 is 27.3 Å². The molecule has 6 nitrogen and oxygen atoms in total. The molecular weight excluding hydrogens is 362 g/mol. The lowest BCUT2D eigenvalue weighted by Gasteiger charge is -2.22. The highest BCUT2D eigenvalue weighted by Crippen LogP contribution is 2.33. The Morgan fingerprint density at radius 1 is 1.48 bits per heavy atom. The fourth-order valence-corrected chi connectivity index (χ4v) is 2.73. The van der Waals surface area contributed by atoms with E-state index in [0.29, 0.717) is 3.79 Å². The van der Waals surface area contributed by atoms with E-state index in [0.717, 1.165) is 11.3 Å². The number of carboxylic acids is 1. The predicted octanol–water partition coefficient (Wildman–Crippen LogP) is 3.50. The molecule has 2 N–H and O–H groups in total. The maximum absolute atomic E-state index is 11.6. The van der Waals surface area contributed by atoms with Crippen LogP contribution in [0.2, 0.25) is 0 Å². The van der Waals surface area contributed by atoms with Crippen molar-refractivity contribution in [2.75, 3.05) is 6.61 Å². The maximum atomic E-state index is 11.6. The summed E-state index contributed by atoms with van der Waals surface area (Å²) in [6.07, 6.45) is -0.538. The standard InChI is InChI=1S/C13H18BrNO5S/c1-7(15-12(18)20-13(2,3)4)6-19-8-5-9(14)21-10(8)11(16)17/h5,7H,6H2,1-4H3,(H,15,18)(H,16,17)/t7-/m0/s1. The van der Waals surface area contributed by atoms with Crippen LogP contribution in [-0.2, 0) is 4.74 Å². The summed E-state index contributed by atoms with van der Waals surface area (Å²) in [5.74, 6) is -0.773. The summed E-state index contributed by atoms with van der Waals surface area (Å²) < 4.78 is 11.2. The van der Waals surface area contributed by atoms with Crippen molar-refractivity contribution in [3.63, 3.8) is 0 Å². The third-order valence-electron chi connectivity index (χ3n) is 2.11. The Balaban J connectivity index is 2.52. The second-order valence-electron chi connectivity index (χ2n) is 5.41. The van der Waals surface area contributed by atoms with Crippen LogP contribution in [0, 0.1) is 0 Å². The molecule has 0 aliphatic heterocycles. The van der Waals surface area contributed by atoms with Gasteiger partial charge in [0.25, 0.3) is 0 Å². The van der Waals surface area contributed by atoms with E-state index < -0.39 is 17.7 Å². The van der Waals surface area contributed by atoms with Crippen LogP contribution in [0.3, 0.4) is 0 Å². The van der Waals surface area contributed by atoms with Crippen LogP contribution in [0.5, 0.6) is 5.75 Å². The monoisotopic (exact) mass is 379 g/mol. The van der Waals surface area contributed by atoms with Crippen molar-refractivity contribution >= 4 is 39.3 Å². The number of hydrogen-bond acceptors (Lipinski definition) is 5. The average Bonchev–Trinajstić information content (AvgIpc) is 2.65. The molecule has 0 bridgehead atoms. The van der Waals surface area contributed by atoms with Gasteiger partial charge in [0.1, 0.15) is 18.0 Å². The molecule has 0 aromatic carbocycles. The molecule has 0 spiro atoms. The second-order valence-corrected chi connectivity index (χ2v) is 7.84. The van der Waals surface area contributed by atoms with Crippen molar-refractivity contribution < 1.29 is 24.2 Å². The summed E-state index contributed by atoms with van der Waals surface area (Å²) in [7, 11) is 0. The minimum absolute atomic E-state index is 0.117. The van der Waals surface area contributed by atoms with Crippen molar-refractivity contribution in [2.24, 2.45) is 0 Å². The zero-order chi connectivity index (χ0) is 16.2. The van der Waals surface area contributed by atoms with Gasteiger partial charge >= 0.3 is 12.1 Å². The van der Waals surface area contributed by atoms with Crippen molar-refractivity contribution in [1.82, 2.24) is 5.32 Å². The first-order valence-corrected chi connectivity index (χ1v) is 7.84. The number of carbonyl (C=O) groups excluding carboxylic acids is 1. The molecule has 0 saturated heterocycles. The van der Waals surface area contributed by atoms with Crippen LogP contribution in [0.25, 0.3) is 0 Å². The molecule has 0 aliphatic rings. The second kappa shape index (κ2) is 7.13. The fourth-order valence-electron chi connectivity index (χ4n) is 1.37. The summed E-state index contributed by atoms with van der Waals surface area (Å²) in [5.41, 5.74) is -0.570. The first kappa shape index (κ1) is 17.8. The summed E-state index contributed by atoms with van der Waals surface area (Å²) in [6, 6.07) is 1.27. The van der Waals surface area contributed by atoms with Crippen LogP contribution < -0.4 is 10.1 Å². The zero-order valence-corrected chi connectivity index (χ0v) is 14.6. The van der Waals surface area contributed by atoms with E-state index >= 15 is 0 Å². The number of carboxylic acid groups (broad SMARTS) is 1. The Labute approximate surface area is 135 Å². The molecule has 1 aromatic rings. The topological polar surface area (TPSA) is 84.9 Å². The van der Waals surface area contributed by atoms with Crippen LogP contribution in [-0.4, -0.2) is 35.4 Å². The van der Waals surface area contributed by atoms with Gasteiger partial charge in [0.15, 0.2) is 4.88 Å². The lowest BCUT2D eigenvalue weighted by molar-refractivity contribution is 0.0491. The molecule has 1 atom stereocenters. The Morgan fingerprint density at radius 3 is 2.62 bits per heavy atom. The van der Waals surface area contributed by atoms with Crippen molar-refractivity contribution in [2.45, 2.75) is 39.3 Å². The van der Waals surface area contributed by atoms with E-state index in [-0.39, 0.29) is 23.3 Å². The minimum atomic E-state index is -1.05. The van der Waals surface area contributed by atoms with Gasteiger partial charge in [-0.3, -0.25) is 0 Å². The Hall–Kier alpha value is -1.28. The number of halogens is 1. The third kappa shape index (κ3) is 6.34. The highest BCUT2D eigenvalue weighted by atomic mass is 79.9. The van der Waals surface area contributed by atoms with Crippen LogP contribution in [0.4, 0.5) is 4.79 Å². The molecule has 118 valence electrons. The van der Waals surface area contributed by atoms with E-state index in [1.807, 2.05) is 0 Å². The number of carbonyl (C=O) groups is 2. The molecule has 0 saturated carbocycles. The molecule has 1 heterocycles. The number of nitrogens with one attached hydrogen (secondary N) is 1. The first-order chi connectivity index (χ1) is 9.58. The summed E-state index contributed by atoms with van der Waals surface area (Å²) in [4.78, 5) is 22.7. The van der Waals surface area contributed by atoms with Gasteiger partial charge in [-0.2, -0.15) is 0 Å². The van der Waals surface area contributed by atoms with Crippen molar-refractivity contribution in [3.05, 3.63) is 14.7 Å². The van der Waals surface area contributed by atoms with Gasteiger partial charge in [-0.15, -0.1) is 11.3 Å². The molecule has 1 amide bonds. The number of ether oxygens (including phenoxy) is 2. The Kier molecular flexibility index (Phi) is 6.03. The largest absolute Gasteiger partial charge is 0.490 e. The molecule has 8 heteroatoms. The molecule has 1 aromatic heterocycles. The molecule has 1 rings (SSSR count). The number of alkyl carbamates (subject to hydrolysis) is 1. The predicted molar refractivity (Wildman–Crippen MR) is 83.3 cm³/mol. The smallest absolute Gasteiger partial charge is 0.407 e. The summed E-state index contributed by atoms with van der Waals surface area (Å²) >= 11 is 4.29. The quantitative estimate of drug-likeness (QED) is 0.817. The number of aromatic carboxylic acids is 1. The average molecular weight is 380 g/mol. The molecule has 0 aliphatic carbocycles. The van der Waals surface area contributed by atoms with Crippen LogP contribution in [0.15, 0.2) is 9.85 Å². The summed E-state index contributed by atoms with van der Waals surface area (Å²) in [5, 5.41) is 11.7. The first-order valence-electron chi connectivity index (χ1n) is 6.23. The highest BCUT2D eigenvalue weighted by molar-refractivity contribution is 9.11. The molecule has 0 radical (unpaired) electrons. The van der Waals surface area contributed by atoms with Gasteiger partial charge in [-0.05, 0) is 43.6 Å². The lowest BCUT2D eigenvalue weighted by atomic mass is 10.2. The van der Waals surface area contributed by atoms with Gasteiger partial charge in [-0.1, -0.05) is 0 Å². The fraction of sp³-hybridized carbons (Fsp3) is 0.538. The van der Waals surface area contributed by atoms with Crippen molar-refractivity contribution in [1.29, 1.82) is 0 Å². The zero-order valence-electron chi connectivity index (χ0n) is 12.2. The van der Waals surface area contributed by atoms with Crippen LogP contribution in [0.1, 0.15) is 37.4 Å². The minimum Gasteiger partial charge on any atom is -0.490 e. The number of hydrogen-bond donors (Lipinski definition) is 2. The van der Waals surface area contributed by atoms with E-state index in [1.54, 1.807) is 33.8 Å². The molecule has 0 fully saturated rings. The number of thiophene rings is 1. The number of amides is 1. The van der Waals surface area contributed by atoms with Gasteiger partial charge in [0, 0.05) is 6.07 Å². The Morgan fingerprint density at radius 2 is 2.10 bits per heavy atom. The summed E-state index contributed by atoms with van der Waals surface area (Å²) in [6.45, 7) is 7.20. The highest BCUT2D eigenvalue weighted by Gasteiger charge is 2.19. The molecule has 21 heavy (non-hydrogen) atoms. The Bertz CT molecular complexity index is 523. The van der Waals surface area contributed by atoms with E-state index in [9.17, 15) is 9.59 Å². The van der Waals surface area contributed by atoms with E-state index in [1.165, 1.54) is 0 Å². The van der Waals surface area contributed by atoms with Gasteiger partial charge in [0.2, 0.25) is 0 Å². The molecular formula is C13H18BrNO5S. The van der Waals surface area contributed by atoms with E-state index in [2.05, 4.69) is 21.2 Å². The third-order valence-corrected chi connectivity index (χ3v) is 3.72. The van der Waals surface area contributed by atoms with E-state index in [4.69, 9.17) is 14.6 Å². The van der Waals surface area contributed by atoms with Crippen molar-refractivity contribution in [3.8, 4) is 5.75 Å². The van der Waals surface area contributed by atoms with Gasteiger partial charge < -0.3 is 19.9 Å². The lowest BCUT2D eigenvalue weighted by Crippen LogP contribution is -2.40. The van der Waals surface area contributed by atoms with Gasteiger partial charge in [-0.25, -0.2) is 9.59 Å². The molecule has 0 unspecified atom stereocenters. The normalized spacial score (nSPS) is 12.6. The SMILES string of the molecule is C[C@@H](COc1cc(Br)sc1C(=O)O)NC(=O)OC(C)(C)C. The number of rotatable bonds is 5. The van der Waals surface area contributed by atoms with Gasteiger partial charge in [0.05, 0.1) is 9.83 Å².